The molecular weight excluding hydrogens is 228 g/mol. The Morgan fingerprint density at radius 3 is 2.33 bits per heavy atom. The van der Waals surface area contributed by atoms with E-state index in [9.17, 15) is 5.11 Å². The lowest BCUT2D eigenvalue weighted by Gasteiger charge is -2.37. The lowest BCUT2D eigenvalue weighted by molar-refractivity contribution is 0.0173. The first-order valence-corrected chi connectivity index (χ1v) is 6.67. The molecule has 1 aliphatic heterocycles. The highest BCUT2D eigenvalue weighted by Crippen LogP contribution is 2.08. The third kappa shape index (κ3) is 4.40. The van der Waals surface area contributed by atoms with Crippen LogP contribution in [0.5, 0.6) is 0 Å². The molecule has 0 aromatic carbocycles. The summed E-state index contributed by atoms with van der Waals surface area (Å²) in [6.45, 7) is 10.8. The normalized spacial score (nSPS) is 19.3. The van der Waals surface area contributed by atoms with Gasteiger partial charge in [-0.1, -0.05) is 0 Å². The Bertz CT molecular complexity index is 336. The lowest BCUT2D eigenvalue weighted by atomic mass is 10.1. The highest BCUT2D eigenvalue weighted by atomic mass is 16.3. The summed E-state index contributed by atoms with van der Waals surface area (Å²) < 4.78 is 1.98. The summed E-state index contributed by atoms with van der Waals surface area (Å²) in [5.74, 6) is 0. The molecule has 0 bridgehead atoms. The van der Waals surface area contributed by atoms with Crippen LogP contribution in [0.3, 0.4) is 0 Å². The summed E-state index contributed by atoms with van der Waals surface area (Å²) in [7, 11) is 0. The van der Waals surface area contributed by atoms with Gasteiger partial charge < -0.3 is 5.11 Å². The van der Waals surface area contributed by atoms with Crippen molar-refractivity contribution in [1.82, 2.24) is 19.6 Å². The molecule has 1 aliphatic rings. The van der Waals surface area contributed by atoms with E-state index in [2.05, 4.69) is 14.9 Å². The van der Waals surface area contributed by atoms with Crippen LogP contribution in [0.25, 0.3) is 0 Å². The lowest BCUT2D eigenvalue weighted by Crippen LogP contribution is -2.50. The second kappa shape index (κ2) is 5.82. The van der Waals surface area contributed by atoms with Crippen molar-refractivity contribution in [2.24, 2.45) is 0 Å². The zero-order chi connectivity index (χ0) is 13.0. The van der Waals surface area contributed by atoms with E-state index < -0.39 is 5.60 Å². The van der Waals surface area contributed by atoms with Crippen molar-refractivity contribution in [3.63, 3.8) is 0 Å². The quantitative estimate of drug-likeness (QED) is 0.817. The molecule has 1 aromatic rings. The van der Waals surface area contributed by atoms with Gasteiger partial charge >= 0.3 is 0 Å². The Kier molecular flexibility index (Phi) is 4.37. The summed E-state index contributed by atoms with van der Waals surface area (Å²) in [5.41, 5.74) is -0.586. The first kappa shape index (κ1) is 13.5. The zero-order valence-corrected chi connectivity index (χ0v) is 11.4. The van der Waals surface area contributed by atoms with Gasteiger partial charge in [-0.05, 0) is 19.9 Å². The fourth-order valence-electron chi connectivity index (χ4n) is 2.39. The smallest absolute Gasteiger partial charge is 0.0718 e. The molecular formula is C13H24N4O. The molecule has 0 saturated carbocycles. The monoisotopic (exact) mass is 252 g/mol. The highest BCUT2D eigenvalue weighted by molar-refractivity contribution is 4.80. The van der Waals surface area contributed by atoms with Crippen LogP contribution in [0.2, 0.25) is 0 Å². The molecule has 2 rings (SSSR count). The van der Waals surface area contributed by atoms with Gasteiger partial charge in [0.05, 0.1) is 12.1 Å². The third-order valence-electron chi connectivity index (χ3n) is 3.28. The van der Waals surface area contributed by atoms with E-state index in [1.807, 2.05) is 37.0 Å². The van der Waals surface area contributed by atoms with Crippen LogP contribution in [0.1, 0.15) is 13.8 Å². The van der Waals surface area contributed by atoms with Crippen molar-refractivity contribution < 1.29 is 5.11 Å². The summed E-state index contributed by atoms with van der Waals surface area (Å²) >= 11 is 0. The van der Waals surface area contributed by atoms with Crippen molar-refractivity contribution in [3.05, 3.63) is 18.5 Å². The fraction of sp³-hybridized carbons (Fsp3) is 0.769. The van der Waals surface area contributed by atoms with Gasteiger partial charge in [0.2, 0.25) is 0 Å². The second-order valence-corrected chi connectivity index (χ2v) is 5.70. The first-order valence-electron chi connectivity index (χ1n) is 6.67. The molecule has 102 valence electrons. The van der Waals surface area contributed by atoms with Crippen LogP contribution in [0.15, 0.2) is 18.5 Å². The summed E-state index contributed by atoms with van der Waals surface area (Å²) in [6, 6.07) is 1.96. The molecule has 5 nitrogen and oxygen atoms in total. The Hall–Kier alpha value is -0.910. The Morgan fingerprint density at radius 2 is 1.78 bits per heavy atom. The number of piperazine rings is 1. The van der Waals surface area contributed by atoms with Crippen molar-refractivity contribution in [2.45, 2.75) is 26.0 Å². The van der Waals surface area contributed by atoms with Gasteiger partial charge in [-0.3, -0.25) is 14.5 Å². The SMILES string of the molecule is CC(C)(O)CN1CCN(CCn2cccn2)CC1. The minimum atomic E-state index is -0.586. The summed E-state index contributed by atoms with van der Waals surface area (Å²) in [4.78, 5) is 4.80. The average Bonchev–Trinajstić information content (AvgIpc) is 2.79. The number of hydrogen-bond acceptors (Lipinski definition) is 4. The Balaban J connectivity index is 1.67. The first-order chi connectivity index (χ1) is 8.53. The van der Waals surface area contributed by atoms with E-state index in [0.29, 0.717) is 0 Å². The molecule has 0 amide bonds. The van der Waals surface area contributed by atoms with Gasteiger partial charge in [0.15, 0.2) is 0 Å². The molecule has 0 unspecified atom stereocenters. The van der Waals surface area contributed by atoms with Gasteiger partial charge in [-0.2, -0.15) is 5.10 Å². The summed E-state index contributed by atoms with van der Waals surface area (Å²) in [5, 5.41) is 14.0. The van der Waals surface area contributed by atoms with Crippen LogP contribution in [0.4, 0.5) is 0 Å². The number of hydrogen-bond donors (Lipinski definition) is 1. The van der Waals surface area contributed by atoms with Crippen LogP contribution in [-0.4, -0.2) is 69.6 Å². The Labute approximate surface area is 109 Å². The Morgan fingerprint density at radius 1 is 1.11 bits per heavy atom. The van der Waals surface area contributed by atoms with Crippen LogP contribution in [0, 0.1) is 0 Å². The van der Waals surface area contributed by atoms with Crippen molar-refractivity contribution >= 4 is 0 Å². The van der Waals surface area contributed by atoms with E-state index >= 15 is 0 Å². The number of rotatable bonds is 5. The van der Waals surface area contributed by atoms with Gasteiger partial charge in [-0.25, -0.2) is 0 Å². The number of nitrogens with zero attached hydrogens (tertiary/aromatic N) is 4. The van der Waals surface area contributed by atoms with E-state index in [-0.39, 0.29) is 0 Å². The van der Waals surface area contributed by atoms with Crippen LogP contribution in [-0.2, 0) is 6.54 Å². The minimum absolute atomic E-state index is 0.586. The predicted molar refractivity (Wildman–Crippen MR) is 71.4 cm³/mol. The molecule has 1 saturated heterocycles. The second-order valence-electron chi connectivity index (χ2n) is 5.70. The zero-order valence-electron chi connectivity index (χ0n) is 11.4. The molecule has 0 spiro atoms. The van der Waals surface area contributed by atoms with Crippen LogP contribution < -0.4 is 0 Å². The maximum absolute atomic E-state index is 9.80. The summed E-state index contributed by atoms with van der Waals surface area (Å²) in [6.07, 6.45) is 3.83. The molecule has 1 fully saturated rings. The molecule has 1 aromatic heterocycles. The predicted octanol–water partition coefficient (Wildman–Crippen LogP) is 0.272. The van der Waals surface area contributed by atoms with Gasteiger partial charge in [0.25, 0.3) is 0 Å². The van der Waals surface area contributed by atoms with Crippen molar-refractivity contribution in [3.8, 4) is 0 Å². The molecule has 0 atom stereocenters. The molecule has 0 radical (unpaired) electrons. The van der Waals surface area contributed by atoms with Crippen LogP contribution >= 0.6 is 0 Å². The fourth-order valence-corrected chi connectivity index (χ4v) is 2.39. The van der Waals surface area contributed by atoms with E-state index in [4.69, 9.17) is 0 Å². The highest BCUT2D eigenvalue weighted by Gasteiger charge is 2.22. The molecule has 18 heavy (non-hydrogen) atoms. The maximum atomic E-state index is 9.80. The number of aromatic nitrogens is 2. The third-order valence-corrected chi connectivity index (χ3v) is 3.28. The topological polar surface area (TPSA) is 44.5 Å². The van der Waals surface area contributed by atoms with E-state index in [0.717, 1.165) is 45.8 Å². The standard InChI is InChI=1S/C13H24N4O/c1-13(2,18)12-16-8-6-15(7-9-16)10-11-17-5-3-4-14-17/h3-5,18H,6-12H2,1-2H3. The van der Waals surface area contributed by atoms with Gasteiger partial charge in [-0.15, -0.1) is 0 Å². The van der Waals surface area contributed by atoms with E-state index in [1.54, 1.807) is 0 Å². The van der Waals surface area contributed by atoms with Crippen molar-refractivity contribution in [1.29, 1.82) is 0 Å². The average molecular weight is 252 g/mol. The number of aliphatic hydroxyl groups is 1. The molecule has 5 heteroatoms. The molecule has 1 N–H and O–H groups in total. The largest absolute Gasteiger partial charge is 0.389 e. The maximum Gasteiger partial charge on any atom is 0.0718 e. The molecule has 2 heterocycles. The van der Waals surface area contributed by atoms with Crippen molar-refractivity contribution in [2.75, 3.05) is 39.3 Å². The van der Waals surface area contributed by atoms with Gasteiger partial charge in [0.1, 0.15) is 0 Å². The minimum Gasteiger partial charge on any atom is -0.389 e. The van der Waals surface area contributed by atoms with Gasteiger partial charge in [0, 0.05) is 51.7 Å². The van der Waals surface area contributed by atoms with E-state index in [1.165, 1.54) is 0 Å². The number of β-amino-alcohol motifs (C(OH)–C–C–N with tert-alkyl or cyclic N) is 1. The molecule has 0 aliphatic carbocycles.